The van der Waals surface area contributed by atoms with Gasteiger partial charge in [-0.1, -0.05) is 6.42 Å². The first-order valence-corrected chi connectivity index (χ1v) is 5.16. The average Bonchev–Trinajstić information content (AvgIpc) is 2.19. The van der Waals surface area contributed by atoms with Gasteiger partial charge in [-0.05, 0) is 32.9 Å². The summed E-state index contributed by atoms with van der Waals surface area (Å²) in [5.41, 5.74) is 0. The lowest BCUT2D eigenvalue weighted by Gasteiger charge is -2.32. The molecule has 1 rings (SSSR count). The van der Waals surface area contributed by atoms with Crippen LogP contribution in [0.1, 0.15) is 26.2 Å². The molecule has 3 heteroatoms. The molecule has 0 aromatic carbocycles. The second-order valence-electron chi connectivity index (χ2n) is 3.73. The second kappa shape index (κ2) is 5.95. The summed E-state index contributed by atoms with van der Waals surface area (Å²) in [7, 11) is 0. The molecule has 1 heterocycles. The number of rotatable bonds is 4. The van der Waals surface area contributed by atoms with Crippen LogP contribution in [0.25, 0.3) is 0 Å². The molecule has 3 nitrogen and oxygen atoms in total. The molecule has 74 valence electrons. The average molecular weight is 181 g/mol. The van der Waals surface area contributed by atoms with Crippen molar-refractivity contribution in [2.24, 2.45) is 0 Å². The Balaban J connectivity index is 2.14. The zero-order valence-corrected chi connectivity index (χ0v) is 8.42. The van der Waals surface area contributed by atoms with E-state index in [2.05, 4.69) is 23.2 Å². The molecule has 1 atom stereocenters. The third-order valence-electron chi connectivity index (χ3n) is 2.66. The van der Waals surface area contributed by atoms with E-state index < -0.39 is 0 Å². The van der Waals surface area contributed by atoms with Gasteiger partial charge in [-0.3, -0.25) is 4.90 Å². The van der Waals surface area contributed by atoms with Crippen LogP contribution < -0.4 is 5.32 Å². The molecule has 0 saturated carbocycles. The highest BCUT2D eigenvalue weighted by molar-refractivity contribution is 4.77. The Labute approximate surface area is 80.7 Å². The quantitative estimate of drug-likeness (QED) is 0.519. The molecule has 0 spiro atoms. The molecule has 1 N–H and O–H groups in total. The Kier molecular flexibility index (Phi) is 4.81. The molecule has 0 aromatic heterocycles. The van der Waals surface area contributed by atoms with Crippen molar-refractivity contribution < 1.29 is 0 Å². The van der Waals surface area contributed by atoms with Gasteiger partial charge >= 0.3 is 0 Å². The molecule has 1 aliphatic rings. The number of piperidine rings is 1. The highest BCUT2D eigenvalue weighted by Crippen LogP contribution is 2.11. The largest absolute Gasteiger partial charge is 0.303 e. The number of likely N-dealkylation sites (tertiary alicyclic amines) is 1. The van der Waals surface area contributed by atoms with Crippen LogP contribution in [0, 0.1) is 11.3 Å². The fourth-order valence-electron chi connectivity index (χ4n) is 1.83. The van der Waals surface area contributed by atoms with Crippen LogP contribution in [0.5, 0.6) is 0 Å². The molecule has 0 aromatic rings. The van der Waals surface area contributed by atoms with E-state index in [1.807, 2.05) is 0 Å². The summed E-state index contributed by atoms with van der Waals surface area (Å²) >= 11 is 0. The molecule has 0 radical (unpaired) electrons. The normalized spacial score (nSPS) is 20.9. The van der Waals surface area contributed by atoms with Crippen molar-refractivity contribution in [3.8, 4) is 6.07 Å². The van der Waals surface area contributed by atoms with E-state index in [0.29, 0.717) is 12.6 Å². The summed E-state index contributed by atoms with van der Waals surface area (Å²) in [5, 5.41) is 11.5. The van der Waals surface area contributed by atoms with Crippen LogP contribution in [0.3, 0.4) is 0 Å². The molecule has 1 unspecified atom stereocenters. The molecular formula is C10H19N3. The van der Waals surface area contributed by atoms with E-state index in [-0.39, 0.29) is 0 Å². The lowest BCUT2D eigenvalue weighted by Crippen LogP contribution is -2.43. The van der Waals surface area contributed by atoms with E-state index in [0.717, 1.165) is 6.54 Å². The van der Waals surface area contributed by atoms with Gasteiger partial charge in [0.2, 0.25) is 0 Å². The van der Waals surface area contributed by atoms with E-state index in [4.69, 9.17) is 5.26 Å². The van der Waals surface area contributed by atoms with Crippen LogP contribution >= 0.6 is 0 Å². The molecule has 0 aliphatic carbocycles. The number of nitrogens with zero attached hydrogens (tertiary/aromatic N) is 2. The summed E-state index contributed by atoms with van der Waals surface area (Å²) in [6.45, 7) is 6.10. The Hall–Kier alpha value is -0.590. The van der Waals surface area contributed by atoms with E-state index >= 15 is 0 Å². The lowest BCUT2D eigenvalue weighted by atomic mass is 10.1. The fraction of sp³-hybridized carbons (Fsp3) is 0.900. The van der Waals surface area contributed by atoms with Crippen molar-refractivity contribution in [2.45, 2.75) is 32.2 Å². The van der Waals surface area contributed by atoms with Crippen molar-refractivity contribution >= 4 is 0 Å². The van der Waals surface area contributed by atoms with Gasteiger partial charge in [0.05, 0.1) is 12.6 Å². The summed E-state index contributed by atoms with van der Waals surface area (Å²) in [4.78, 5) is 2.51. The SMILES string of the molecule is CC(CNCC#N)N1CCCCC1. The van der Waals surface area contributed by atoms with Gasteiger partial charge in [0.15, 0.2) is 0 Å². The Bertz CT molecular complexity index is 167. The zero-order valence-electron chi connectivity index (χ0n) is 8.42. The van der Waals surface area contributed by atoms with Gasteiger partial charge < -0.3 is 5.32 Å². The Morgan fingerprint density at radius 3 is 2.69 bits per heavy atom. The highest BCUT2D eigenvalue weighted by atomic mass is 15.2. The van der Waals surface area contributed by atoms with Gasteiger partial charge in [-0.2, -0.15) is 5.26 Å². The van der Waals surface area contributed by atoms with Crippen LogP contribution in [-0.4, -0.2) is 37.1 Å². The van der Waals surface area contributed by atoms with Crippen molar-refractivity contribution in [3.63, 3.8) is 0 Å². The smallest absolute Gasteiger partial charge is 0.0841 e. The third-order valence-corrected chi connectivity index (χ3v) is 2.66. The highest BCUT2D eigenvalue weighted by Gasteiger charge is 2.15. The van der Waals surface area contributed by atoms with Crippen LogP contribution in [0.4, 0.5) is 0 Å². The van der Waals surface area contributed by atoms with Gasteiger partial charge in [-0.15, -0.1) is 0 Å². The first-order valence-electron chi connectivity index (χ1n) is 5.16. The monoisotopic (exact) mass is 181 g/mol. The molecule has 1 fully saturated rings. The van der Waals surface area contributed by atoms with Crippen LogP contribution in [0.2, 0.25) is 0 Å². The maximum absolute atomic E-state index is 8.36. The molecule has 1 saturated heterocycles. The second-order valence-corrected chi connectivity index (χ2v) is 3.73. The maximum atomic E-state index is 8.36. The standard InChI is InChI=1S/C10H19N3/c1-10(9-12-6-5-11)13-7-3-2-4-8-13/h10,12H,2-4,6-9H2,1H3. The van der Waals surface area contributed by atoms with Crippen molar-refractivity contribution in [1.29, 1.82) is 5.26 Å². The van der Waals surface area contributed by atoms with Crippen molar-refractivity contribution in [1.82, 2.24) is 10.2 Å². The summed E-state index contributed by atoms with van der Waals surface area (Å²) in [6, 6.07) is 2.67. The van der Waals surface area contributed by atoms with E-state index in [9.17, 15) is 0 Å². The zero-order chi connectivity index (χ0) is 9.52. The van der Waals surface area contributed by atoms with Crippen molar-refractivity contribution in [3.05, 3.63) is 0 Å². The first kappa shape index (κ1) is 10.5. The summed E-state index contributed by atoms with van der Waals surface area (Å²) in [6.07, 6.45) is 4.06. The number of hydrogen-bond acceptors (Lipinski definition) is 3. The van der Waals surface area contributed by atoms with Crippen molar-refractivity contribution in [2.75, 3.05) is 26.2 Å². The third kappa shape index (κ3) is 3.75. The minimum Gasteiger partial charge on any atom is -0.303 e. The van der Waals surface area contributed by atoms with Crippen LogP contribution in [-0.2, 0) is 0 Å². The topological polar surface area (TPSA) is 39.1 Å². The molecule has 0 amide bonds. The molecule has 13 heavy (non-hydrogen) atoms. The molecule has 0 bridgehead atoms. The number of nitriles is 1. The van der Waals surface area contributed by atoms with Gasteiger partial charge in [-0.25, -0.2) is 0 Å². The van der Waals surface area contributed by atoms with E-state index in [1.54, 1.807) is 0 Å². The van der Waals surface area contributed by atoms with Crippen LogP contribution in [0.15, 0.2) is 0 Å². The Morgan fingerprint density at radius 1 is 1.38 bits per heavy atom. The minimum atomic E-state index is 0.470. The van der Waals surface area contributed by atoms with E-state index in [1.165, 1.54) is 32.4 Å². The summed E-state index contributed by atoms with van der Waals surface area (Å²) < 4.78 is 0. The first-order chi connectivity index (χ1) is 6.34. The maximum Gasteiger partial charge on any atom is 0.0841 e. The minimum absolute atomic E-state index is 0.470. The molecular weight excluding hydrogens is 162 g/mol. The number of hydrogen-bond donors (Lipinski definition) is 1. The van der Waals surface area contributed by atoms with Gasteiger partial charge in [0.1, 0.15) is 0 Å². The Morgan fingerprint density at radius 2 is 2.08 bits per heavy atom. The number of nitrogens with one attached hydrogen (secondary N) is 1. The predicted molar refractivity (Wildman–Crippen MR) is 53.4 cm³/mol. The van der Waals surface area contributed by atoms with Gasteiger partial charge in [0.25, 0.3) is 0 Å². The lowest BCUT2D eigenvalue weighted by molar-refractivity contribution is 0.172. The van der Waals surface area contributed by atoms with Gasteiger partial charge in [0, 0.05) is 12.6 Å². The molecule has 1 aliphatic heterocycles. The fourth-order valence-corrected chi connectivity index (χ4v) is 1.83. The predicted octanol–water partition coefficient (Wildman–Crippen LogP) is 0.974. The summed E-state index contributed by atoms with van der Waals surface area (Å²) in [5.74, 6) is 0.